The Balaban J connectivity index is 1.64. The highest BCUT2D eigenvalue weighted by molar-refractivity contribution is 6.17. The third-order valence-electron chi connectivity index (χ3n) is 3.68. The molecule has 0 fully saturated rings. The molecule has 0 saturated heterocycles. The van der Waals surface area contributed by atoms with Gasteiger partial charge in [-0.15, -0.1) is 11.6 Å². The lowest BCUT2D eigenvalue weighted by atomic mass is 10.1. The van der Waals surface area contributed by atoms with Gasteiger partial charge in [-0.05, 0) is 42.0 Å². The highest BCUT2D eigenvalue weighted by atomic mass is 35.5. The fourth-order valence-electron chi connectivity index (χ4n) is 2.22. The number of amides is 1. The number of nitrogens with zero attached hydrogens (tertiary/aromatic N) is 2. The van der Waals surface area contributed by atoms with Crippen molar-refractivity contribution < 1.29 is 9.53 Å². The first-order valence-corrected chi connectivity index (χ1v) is 8.66. The van der Waals surface area contributed by atoms with Gasteiger partial charge in [-0.1, -0.05) is 24.0 Å². The van der Waals surface area contributed by atoms with Gasteiger partial charge in [0.1, 0.15) is 0 Å². The minimum absolute atomic E-state index is 0.176. The van der Waals surface area contributed by atoms with Crippen LogP contribution in [0.25, 0.3) is 0 Å². The van der Waals surface area contributed by atoms with E-state index in [1.54, 1.807) is 36.7 Å². The smallest absolute Gasteiger partial charge is 0.316 e. The second kappa shape index (κ2) is 8.84. The van der Waals surface area contributed by atoms with Crippen molar-refractivity contribution in [2.24, 2.45) is 0 Å². The minimum atomic E-state index is -0.176. The van der Waals surface area contributed by atoms with Gasteiger partial charge in [0.15, 0.2) is 0 Å². The molecular weight excluding hydrogens is 362 g/mol. The van der Waals surface area contributed by atoms with Crippen LogP contribution in [0.2, 0.25) is 0 Å². The minimum Gasteiger partial charge on any atom is -0.467 e. The van der Waals surface area contributed by atoms with Crippen molar-refractivity contribution in [1.29, 1.82) is 0 Å². The van der Waals surface area contributed by atoms with E-state index in [0.29, 0.717) is 28.7 Å². The fraction of sp³-hybridized carbons (Fsp3) is 0.0952. The Kier molecular flexibility index (Phi) is 6.03. The number of halogens is 1. The van der Waals surface area contributed by atoms with Crippen LogP contribution in [0.5, 0.6) is 6.01 Å². The first-order chi connectivity index (χ1) is 13.2. The lowest BCUT2D eigenvalue weighted by Crippen LogP contribution is -2.11. The third kappa shape index (κ3) is 5.06. The average molecular weight is 378 g/mol. The van der Waals surface area contributed by atoms with Crippen LogP contribution in [-0.2, 0) is 5.88 Å². The van der Waals surface area contributed by atoms with E-state index in [1.165, 1.54) is 7.11 Å². The Hall–Kier alpha value is -3.36. The summed E-state index contributed by atoms with van der Waals surface area (Å²) < 4.78 is 4.91. The number of methoxy groups -OCH3 is 1. The molecule has 1 aromatic heterocycles. The van der Waals surface area contributed by atoms with Crippen molar-refractivity contribution in [3.63, 3.8) is 0 Å². The molecule has 5 nitrogen and oxygen atoms in total. The van der Waals surface area contributed by atoms with Crippen LogP contribution in [-0.4, -0.2) is 23.0 Å². The maximum Gasteiger partial charge on any atom is 0.316 e. The molecule has 1 N–H and O–H groups in total. The lowest BCUT2D eigenvalue weighted by molar-refractivity contribution is 0.102. The predicted molar refractivity (Wildman–Crippen MR) is 105 cm³/mol. The molecule has 0 spiro atoms. The van der Waals surface area contributed by atoms with Crippen molar-refractivity contribution in [3.05, 3.63) is 83.2 Å². The summed E-state index contributed by atoms with van der Waals surface area (Å²) in [5, 5.41) is 2.86. The van der Waals surface area contributed by atoms with Gasteiger partial charge >= 0.3 is 6.01 Å². The van der Waals surface area contributed by atoms with E-state index in [2.05, 4.69) is 27.1 Å². The standard InChI is InChI=1S/C21H16ClN3O2/c1-27-21-23-13-17(14-24-21)3-2-15-6-10-19(11-7-15)25-20(26)18-8-4-16(12-22)5-9-18/h4-11,13-14H,12H2,1H3,(H,25,26). The van der Waals surface area contributed by atoms with Gasteiger partial charge in [0.2, 0.25) is 0 Å². The summed E-state index contributed by atoms with van der Waals surface area (Å²) in [6, 6.07) is 14.8. The van der Waals surface area contributed by atoms with Gasteiger partial charge in [-0.3, -0.25) is 4.79 Å². The maximum absolute atomic E-state index is 12.3. The average Bonchev–Trinajstić information content (AvgIpc) is 2.73. The highest BCUT2D eigenvalue weighted by Gasteiger charge is 2.05. The van der Waals surface area contributed by atoms with Crippen LogP contribution in [0.1, 0.15) is 27.0 Å². The van der Waals surface area contributed by atoms with E-state index in [9.17, 15) is 4.79 Å². The molecule has 6 heteroatoms. The van der Waals surface area contributed by atoms with Crippen molar-refractivity contribution in [3.8, 4) is 17.9 Å². The highest BCUT2D eigenvalue weighted by Crippen LogP contribution is 2.12. The molecule has 3 rings (SSSR count). The molecule has 0 bridgehead atoms. The van der Waals surface area contributed by atoms with E-state index >= 15 is 0 Å². The molecule has 1 amide bonds. The summed E-state index contributed by atoms with van der Waals surface area (Å²) in [6.07, 6.45) is 3.20. The number of benzene rings is 2. The Labute approximate surface area is 162 Å². The van der Waals surface area contributed by atoms with E-state index < -0.39 is 0 Å². The summed E-state index contributed by atoms with van der Waals surface area (Å²) in [5.41, 5.74) is 3.74. The zero-order chi connectivity index (χ0) is 19.1. The molecule has 1 heterocycles. The predicted octanol–water partition coefficient (Wildman–Crippen LogP) is 3.88. The topological polar surface area (TPSA) is 64.1 Å². The van der Waals surface area contributed by atoms with E-state index in [0.717, 1.165) is 11.1 Å². The second-order valence-electron chi connectivity index (χ2n) is 5.57. The molecular formula is C21H16ClN3O2. The molecule has 27 heavy (non-hydrogen) atoms. The Morgan fingerprint density at radius 3 is 2.22 bits per heavy atom. The van der Waals surface area contributed by atoms with Gasteiger partial charge in [0.25, 0.3) is 5.91 Å². The van der Waals surface area contributed by atoms with Gasteiger partial charge in [-0.25, -0.2) is 9.97 Å². The van der Waals surface area contributed by atoms with Crippen molar-refractivity contribution in [2.75, 3.05) is 12.4 Å². The number of hydrogen-bond acceptors (Lipinski definition) is 4. The van der Waals surface area contributed by atoms with Crippen molar-refractivity contribution >= 4 is 23.2 Å². The van der Waals surface area contributed by atoms with Crippen LogP contribution < -0.4 is 10.1 Å². The van der Waals surface area contributed by atoms with Crippen LogP contribution in [0, 0.1) is 11.8 Å². The Morgan fingerprint density at radius 1 is 1.00 bits per heavy atom. The normalized spacial score (nSPS) is 9.85. The first-order valence-electron chi connectivity index (χ1n) is 8.12. The molecule has 134 valence electrons. The number of anilines is 1. The van der Waals surface area contributed by atoms with Gasteiger partial charge in [0.05, 0.1) is 12.7 Å². The van der Waals surface area contributed by atoms with Crippen LogP contribution >= 0.6 is 11.6 Å². The molecule has 0 unspecified atom stereocenters. The van der Waals surface area contributed by atoms with E-state index in [1.807, 2.05) is 24.3 Å². The lowest BCUT2D eigenvalue weighted by Gasteiger charge is -2.06. The van der Waals surface area contributed by atoms with Gasteiger partial charge in [-0.2, -0.15) is 0 Å². The summed E-state index contributed by atoms with van der Waals surface area (Å²) in [7, 11) is 1.51. The number of aromatic nitrogens is 2. The summed E-state index contributed by atoms with van der Waals surface area (Å²) in [4.78, 5) is 20.3. The molecule has 0 saturated carbocycles. The zero-order valence-electron chi connectivity index (χ0n) is 14.6. The monoisotopic (exact) mass is 377 g/mol. The molecule has 0 radical (unpaired) electrons. The molecule has 3 aromatic rings. The SMILES string of the molecule is COc1ncc(C#Cc2ccc(NC(=O)c3ccc(CCl)cc3)cc2)cn1. The third-order valence-corrected chi connectivity index (χ3v) is 3.98. The van der Waals surface area contributed by atoms with Crippen LogP contribution in [0.15, 0.2) is 60.9 Å². The number of carbonyl (C=O) groups is 1. The maximum atomic E-state index is 12.3. The van der Waals surface area contributed by atoms with Gasteiger partial charge in [0, 0.05) is 35.1 Å². The first kappa shape index (κ1) is 18.4. The van der Waals surface area contributed by atoms with Crippen molar-refractivity contribution in [2.45, 2.75) is 5.88 Å². The number of hydrogen-bond donors (Lipinski definition) is 1. The molecule has 0 atom stereocenters. The number of rotatable bonds is 4. The van der Waals surface area contributed by atoms with Crippen LogP contribution in [0.4, 0.5) is 5.69 Å². The fourth-order valence-corrected chi connectivity index (χ4v) is 2.39. The summed E-state index contributed by atoms with van der Waals surface area (Å²) in [5.74, 6) is 6.26. The number of nitrogens with one attached hydrogen (secondary N) is 1. The van der Waals surface area contributed by atoms with E-state index in [-0.39, 0.29) is 5.91 Å². The largest absolute Gasteiger partial charge is 0.467 e. The number of carbonyl (C=O) groups excluding carboxylic acids is 1. The van der Waals surface area contributed by atoms with Crippen LogP contribution in [0.3, 0.4) is 0 Å². The van der Waals surface area contributed by atoms with E-state index in [4.69, 9.17) is 16.3 Å². The van der Waals surface area contributed by atoms with Gasteiger partial charge < -0.3 is 10.1 Å². The Morgan fingerprint density at radius 2 is 1.63 bits per heavy atom. The molecule has 0 aliphatic heterocycles. The zero-order valence-corrected chi connectivity index (χ0v) is 15.3. The second-order valence-corrected chi connectivity index (χ2v) is 5.84. The quantitative estimate of drug-likeness (QED) is 0.553. The molecule has 2 aromatic carbocycles. The Bertz CT molecular complexity index is 973. The summed E-state index contributed by atoms with van der Waals surface area (Å²) >= 11 is 5.76. The number of ether oxygens (including phenoxy) is 1. The summed E-state index contributed by atoms with van der Waals surface area (Å²) in [6.45, 7) is 0. The number of alkyl halides is 1. The van der Waals surface area contributed by atoms with Crippen molar-refractivity contribution in [1.82, 2.24) is 9.97 Å². The molecule has 0 aliphatic carbocycles. The molecule has 0 aliphatic rings.